The molecule has 0 bridgehead atoms. The smallest absolute Gasteiger partial charge is 0.269 e. The number of nitrogens with zero attached hydrogens (tertiary/aromatic N) is 2. The predicted octanol–water partition coefficient (Wildman–Crippen LogP) is 9.76. The Balaban J connectivity index is 1.31. The number of nitro benzene ring substituents is 2. The molecule has 1 aliphatic rings. The molecule has 2 unspecified atom stereocenters. The third kappa shape index (κ3) is 6.28. The predicted molar refractivity (Wildman–Crippen MR) is 162 cm³/mol. The van der Waals surface area contributed by atoms with Gasteiger partial charge in [0, 0.05) is 24.3 Å². The molecule has 8 heteroatoms. The van der Waals surface area contributed by atoms with Crippen molar-refractivity contribution in [3.05, 3.63) is 126 Å². The molecule has 4 aromatic rings. The molecule has 42 heavy (non-hydrogen) atoms. The average molecular weight is 567 g/mol. The first-order chi connectivity index (χ1) is 20.1. The third-order valence-electron chi connectivity index (χ3n) is 8.23. The van der Waals surface area contributed by atoms with Gasteiger partial charge in [-0.3, -0.25) is 20.2 Å². The number of aryl methyl sites for hydroxylation is 4. The summed E-state index contributed by atoms with van der Waals surface area (Å²) in [5.41, 5.74) is 7.21. The normalized spacial score (nSPS) is 16.6. The van der Waals surface area contributed by atoms with Gasteiger partial charge in [-0.25, -0.2) is 0 Å². The van der Waals surface area contributed by atoms with Crippen molar-refractivity contribution in [1.82, 2.24) is 0 Å². The lowest BCUT2D eigenvalue weighted by atomic mass is 9.73. The first kappa shape index (κ1) is 28.8. The molecule has 216 valence electrons. The van der Waals surface area contributed by atoms with Gasteiger partial charge in [0.05, 0.1) is 9.85 Å². The quantitative estimate of drug-likeness (QED) is 0.155. The molecule has 0 saturated heterocycles. The summed E-state index contributed by atoms with van der Waals surface area (Å²) in [4.78, 5) is 21.1. The van der Waals surface area contributed by atoms with Crippen LogP contribution in [0.5, 0.6) is 23.0 Å². The van der Waals surface area contributed by atoms with Crippen LogP contribution >= 0.6 is 0 Å². The van der Waals surface area contributed by atoms with Gasteiger partial charge < -0.3 is 9.47 Å². The lowest BCUT2D eigenvalue weighted by Crippen LogP contribution is -2.15. The van der Waals surface area contributed by atoms with E-state index in [1.165, 1.54) is 46.5 Å². The minimum Gasteiger partial charge on any atom is -0.457 e. The minimum absolute atomic E-state index is 0.0366. The van der Waals surface area contributed by atoms with Crippen molar-refractivity contribution in [3.8, 4) is 23.0 Å². The van der Waals surface area contributed by atoms with Gasteiger partial charge in [0.15, 0.2) is 0 Å². The molecule has 0 aromatic heterocycles. The van der Waals surface area contributed by atoms with Crippen LogP contribution in [0.2, 0.25) is 0 Å². The molecule has 5 rings (SSSR count). The van der Waals surface area contributed by atoms with Crippen LogP contribution in [0.4, 0.5) is 11.4 Å². The molecule has 1 saturated carbocycles. The van der Waals surface area contributed by atoms with E-state index in [4.69, 9.17) is 9.47 Å². The third-order valence-corrected chi connectivity index (χ3v) is 8.23. The van der Waals surface area contributed by atoms with E-state index in [9.17, 15) is 20.2 Å². The molecular weight excluding hydrogens is 532 g/mol. The number of non-ortho nitro benzene ring substituents is 2. The molecule has 0 radical (unpaired) electrons. The maximum absolute atomic E-state index is 11.0. The zero-order valence-electron chi connectivity index (χ0n) is 24.3. The number of hydrogen-bond acceptors (Lipinski definition) is 6. The van der Waals surface area contributed by atoms with Crippen LogP contribution in [0, 0.1) is 47.9 Å². The first-order valence-electron chi connectivity index (χ1n) is 14.2. The van der Waals surface area contributed by atoms with E-state index >= 15 is 0 Å². The Morgan fingerprint density at radius 2 is 0.976 bits per heavy atom. The lowest BCUT2D eigenvalue weighted by Gasteiger charge is -2.32. The summed E-state index contributed by atoms with van der Waals surface area (Å²) in [5, 5.41) is 21.9. The SMILES string of the molecule is Cc1cc(C2CCCC(c3cc(C)c(Oc4ccc([N+](=O)[O-])cc4)cc3C)C2)c(C)cc1Oc1ccc([N+](=O)[O-])cc1. The summed E-state index contributed by atoms with van der Waals surface area (Å²) in [7, 11) is 0. The first-order valence-corrected chi connectivity index (χ1v) is 14.2. The Labute approximate surface area is 245 Å². The van der Waals surface area contributed by atoms with Gasteiger partial charge >= 0.3 is 0 Å². The standard InChI is InChI=1S/C34H34N2O6/c1-21-18-33(41-29-12-8-27(9-13-29)35(37)38)23(3)16-31(21)25-6-5-7-26(20-25)32-17-24(4)34(19-22(32)2)42-30-14-10-28(11-15-30)36(39)40/h8-19,25-26H,5-7,20H2,1-4H3. The molecule has 0 heterocycles. The molecule has 4 aromatic carbocycles. The molecule has 8 nitrogen and oxygen atoms in total. The van der Waals surface area contributed by atoms with E-state index in [1.54, 1.807) is 24.3 Å². The van der Waals surface area contributed by atoms with E-state index in [2.05, 4.69) is 38.1 Å². The summed E-state index contributed by atoms with van der Waals surface area (Å²) >= 11 is 0. The number of nitro groups is 2. The van der Waals surface area contributed by atoms with Crippen LogP contribution in [-0.2, 0) is 0 Å². The highest BCUT2D eigenvalue weighted by molar-refractivity contribution is 5.48. The highest BCUT2D eigenvalue weighted by atomic mass is 16.6. The van der Waals surface area contributed by atoms with Gasteiger partial charge in [-0.15, -0.1) is 0 Å². The monoisotopic (exact) mass is 566 g/mol. The summed E-state index contributed by atoms with van der Waals surface area (Å²) in [6.45, 7) is 8.34. The van der Waals surface area contributed by atoms with Gasteiger partial charge in [0.1, 0.15) is 23.0 Å². The highest BCUT2D eigenvalue weighted by Crippen LogP contribution is 2.45. The summed E-state index contributed by atoms with van der Waals surface area (Å²) in [5.74, 6) is 3.53. The van der Waals surface area contributed by atoms with E-state index in [1.807, 2.05) is 13.8 Å². The van der Waals surface area contributed by atoms with Crippen molar-refractivity contribution in [2.75, 3.05) is 0 Å². The van der Waals surface area contributed by atoms with Crippen LogP contribution in [0.1, 0.15) is 70.9 Å². The highest BCUT2D eigenvalue weighted by Gasteiger charge is 2.27. The van der Waals surface area contributed by atoms with E-state index < -0.39 is 9.85 Å². The Morgan fingerprint density at radius 1 is 0.595 bits per heavy atom. The van der Waals surface area contributed by atoms with Crippen molar-refractivity contribution in [2.24, 2.45) is 0 Å². The van der Waals surface area contributed by atoms with Gasteiger partial charge in [-0.1, -0.05) is 18.6 Å². The topological polar surface area (TPSA) is 105 Å². The fraction of sp³-hybridized carbons (Fsp3) is 0.294. The molecule has 1 aliphatic carbocycles. The van der Waals surface area contributed by atoms with Crippen molar-refractivity contribution < 1.29 is 19.3 Å². The Kier molecular flexibility index (Phi) is 8.24. The van der Waals surface area contributed by atoms with Gasteiger partial charge in [-0.2, -0.15) is 0 Å². The molecule has 0 N–H and O–H groups in total. The van der Waals surface area contributed by atoms with Crippen molar-refractivity contribution in [3.63, 3.8) is 0 Å². The summed E-state index contributed by atoms with van der Waals surface area (Å²) in [6, 6.07) is 20.9. The second-order valence-electron chi connectivity index (χ2n) is 11.2. The fourth-order valence-corrected chi connectivity index (χ4v) is 6.00. The number of hydrogen-bond donors (Lipinski definition) is 0. The summed E-state index contributed by atoms with van der Waals surface area (Å²) < 4.78 is 12.2. The van der Waals surface area contributed by atoms with Crippen LogP contribution in [0.3, 0.4) is 0 Å². The Hall–Kier alpha value is -4.72. The average Bonchev–Trinajstić information content (AvgIpc) is 2.97. The molecule has 0 aliphatic heterocycles. The molecule has 2 atom stereocenters. The maximum atomic E-state index is 11.0. The number of rotatable bonds is 8. The van der Waals surface area contributed by atoms with Crippen molar-refractivity contribution in [1.29, 1.82) is 0 Å². The Bertz CT molecular complexity index is 1510. The Morgan fingerprint density at radius 3 is 1.33 bits per heavy atom. The second kappa shape index (κ2) is 12.0. The van der Waals surface area contributed by atoms with Crippen LogP contribution in [-0.4, -0.2) is 9.85 Å². The fourth-order valence-electron chi connectivity index (χ4n) is 6.00. The van der Waals surface area contributed by atoms with E-state index in [0.29, 0.717) is 23.3 Å². The van der Waals surface area contributed by atoms with Crippen molar-refractivity contribution >= 4 is 11.4 Å². The molecule has 0 spiro atoms. The molecular formula is C34H34N2O6. The van der Waals surface area contributed by atoms with Gasteiger partial charge in [0.25, 0.3) is 11.4 Å². The molecule has 1 fully saturated rings. The second-order valence-corrected chi connectivity index (χ2v) is 11.2. The molecule has 0 amide bonds. The van der Waals surface area contributed by atoms with Crippen molar-refractivity contribution in [2.45, 2.75) is 65.2 Å². The number of ether oxygens (including phenoxy) is 2. The summed E-state index contributed by atoms with van der Waals surface area (Å²) in [6.07, 6.45) is 4.48. The maximum Gasteiger partial charge on any atom is 0.269 e. The van der Waals surface area contributed by atoms with Crippen LogP contribution in [0.25, 0.3) is 0 Å². The minimum atomic E-state index is -0.418. The van der Waals surface area contributed by atoms with Gasteiger partial charge in [-0.05, 0) is 129 Å². The van der Waals surface area contributed by atoms with E-state index in [0.717, 1.165) is 48.3 Å². The lowest BCUT2D eigenvalue weighted by molar-refractivity contribution is -0.385. The van der Waals surface area contributed by atoms with Gasteiger partial charge in [0.2, 0.25) is 0 Å². The van der Waals surface area contributed by atoms with Crippen LogP contribution in [0.15, 0.2) is 72.8 Å². The zero-order valence-corrected chi connectivity index (χ0v) is 24.3. The number of benzene rings is 4. The zero-order chi connectivity index (χ0) is 30.0. The van der Waals surface area contributed by atoms with Crippen LogP contribution < -0.4 is 9.47 Å². The largest absolute Gasteiger partial charge is 0.457 e. The van der Waals surface area contributed by atoms with E-state index in [-0.39, 0.29) is 11.4 Å².